The average molecular weight is 310 g/mol. The second kappa shape index (κ2) is 7.19. The third kappa shape index (κ3) is 3.64. The van der Waals surface area contributed by atoms with E-state index in [2.05, 4.69) is 10.2 Å². The fourth-order valence-corrected chi connectivity index (χ4v) is 2.58. The molecule has 2 rings (SSSR count). The molecular formula is C15H26N4O3. The molecule has 0 unspecified atom stereocenters. The highest BCUT2D eigenvalue weighted by Crippen LogP contribution is 2.24. The summed E-state index contributed by atoms with van der Waals surface area (Å²) in [5, 5.41) is 8.10. The molecule has 2 atom stereocenters. The second-order valence-corrected chi connectivity index (χ2v) is 6.16. The zero-order chi connectivity index (χ0) is 16.3. The van der Waals surface area contributed by atoms with Gasteiger partial charge in [0.05, 0.1) is 19.2 Å². The molecule has 1 amide bonds. The maximum Gasteiger partial charge on any atom is 0.247 e. The molecule has 7 nitrogen and oxygen atoms in total. The van der Waals surface area contributed by atoms with Crippen molar-refractivity contribution in [2.24, 2.45) is 0 Å². The third-order valence-electron chi connectivity index (χ3n) is 3.90. The Morgan fingerprint density at radius 2 is 2.14 bits per heavy atom. The number of aromatic nitrogens is 2. The van der Waals surface area contributed by atoms with E-state index < -0.39 is 0 Å². The fourth-order valence-electron chi connectivity index (χ4n) is 2.58. The highest BCUT2D eigenvalue weighted by atomic mass is 16.5. The number of morpholine rings is 1. The van der Waals surface area contributed by atoms with Gasteiger partial charge < -0.3 is 14.1 Å². The van der Waals surface area contributed by atoms with Crippen LogP contribution in [0, 0.1) is 0 Å². The van der Waals surface area contributed by atoms with Crippen LogP contribution in [0.5, 0.6) is 0 Å². The molecule has 0 aromatic carbocycles. The monoisotopic (exact) mass is 310 g/mol. The molecule has 1 aromatic rings. The summed E-state index contributed by atoms with van der Waals surface area (Å²) in [7, 11) is 3.85. The Hall–Kier alpha value is -1.47. The lowest BCUT2D eigenvalue weighted by molar-refractivity contribution is -0.144. The van der Waals surface area contributed by atoms with Gasteiger partial charge >= 0.3 is 0 Å². The molecule has 1 fully saturated rings. The number of hydrogen-bond donors (Lipinski definition) is 0. The zero-order valence-electron chi connectivity index (χ0n) is 14.1. The summed E-state index contributed by atoms with van der Waals surface area (Å²) in [6.07, 6.45) is 0.448. The van der Waals surface area contributed by atoms with Crippen molar-refractivity contribution < 1.29 is 13.9 Å². The lowest BCUT2D eigenvalue weighted by Crippen LogP contribution is -2.50. The molecular weight excluding hydrogens is 284 g/mol. The first kappa shape index (κ1) is 16.9. The van der Waals surface area contributed by atoms with Crippen molar-refractivity contribution >= 4 is 5.91 Å². The van der Waals surface area contributed by atoms with Crippen molar-refractivity contribution in [3.8, 4) is 0 Å². The lowest BCUT2D eigenvalue weighted by atomic mass is 10.1. The number of rotatable bonds is 5. The molecule has 2 heterocycles. The van der Waals surface area contributed by atoms with Gasteiger partial charge in [0, 0.05) is 12.5 Å². The molecule has 0 bridgehead atoms. The van der Waals surface area contributed by atoms with E-state index in [4.69, 9.17) is 9.15 Å². The first-order chi connectivity index (χ1) is 10.4. The Morgan fingerprint density at radius 3 is 2.68 bits per heavy atom. The number of amides is 1. The minimum atomic E-state index is -0.336. The highest BCUT2D eigenvalue weighted by Gasteiger charge is 2.32. The molecule has 124 valence electrons. The molecule has 22 heavy (non-hydrogen) atoms. The predicted molar refractivity (Wildman–Crippen MR) is 81.4 cm³/mol. The Balaban J connectivity index is 2.06. The van der Waals surface area contributed by atoms with Crippen LogP contribution in [-0.2, 0) is 9.53 Å². The molecule has 1 aliphatic heterocycles. The average Bonchev–Trinajstić information content (AvgIpc) is 2.97. The van der Waals surface area contributed by atoms with Crippen LogP contribution in [0.1, 0.15) is 51.0 Å². The number of carbonyl (C=O) groups is 1. The maximum absolute atomic E-state index is 12.6. The summed E-state index contributed by atoms with van der Waals surface area (Å²) in [6.45, 7) is 7.57. The van der Waals surface area contributed by atoms with Crippen LogP contribution < -0.4 is 0 Å². The van der Waals surface area contributed by atoms with Gasteiger partial charge in [-0.3, -0.25) is 9.69 Å². The van der Waals surface area contributed by atoms with E-state index in [-0.39, 0.29) is 24.0 Å². The molecule has 0 spiro atoms. The lowest BCUT2D eigenvalue weighted by Gasteiger charge is -2.35. The van der Waals surface area contributed by atoms with Gasteiger partial charge in [-0.2, -0.15) is 0 Å². The maximum atomic E-state index is 12.6. The molecule has 1 saturated heterocycles. The van der Waals surface area contributed by atoms with Gasteiger partial charge in [0.1, 0.15) is 0 Å². The van der Waals surface area contributed by atoms with Crippen LogP contribution in [0.25, 0.3) is 0 Å². The van der Waals surface area contributed by atoms with Crippen LogP contribution in [-0.4, -0.2) is 65.7 Å². The smallest absolute Gasteiger partial charge is 0.247 e. The van der Waals surface area contributed by atoms with Gasteiger partial charge in [0.25, 0.3) is 0 Å². The van der Waals surface area contributed by atoms with Crippen molar-refractivity contribution in [3.63, 3.8) is 0 Å². The predicted octanol–water partition coefficient (Wildman–Crippen LogP) is 1.43. The summed E-state index contributed by atoms with van der Waals surface area (Å²) in [5.74, 6) is 1.37. The first-order valence-electron chi connectivity index (χ1n) is 7.84. The van der Waals surface area contributed by atoms with E-state index in [0.717, 1.165) is 6.42 Å². The van der Waals surface area contributed by atoms with Crippen molar-refractivity contribution in [2.45, 2.75) is 45.3 Å². The number of hydrogen-bond acceptors (Lipinski definition) is 6. The number of nitrogens with zero attached hydrogens (tertiary/aromatic N) is 4. The Bertz CT molecular complexity index is 501. The largest absolute Gasteiger partial charge is 0.422 e. The van der Waals surface area contributed by atoms with E-state index in [1.807, 2.05) is 44.7 Å². The summed E-state index contributed by atoms with van der Waals surface area (Å²) >= 11 is 0. The molecule has 0 aliphatic carbocycles. The van der Waals surface area contributed by atoms with Gasteiger partial charge in [0.2, 0.25) is 17.7 Å². The molecule has 0 N–H and O–H groups in total. The standard InChI is InChI=1S/C15H26N4O3/c1-6-11(18(4)5)15(20)19-7-8-21-12(9-19)14-17-16-13(22-14)10(2)3/h10-12H,6-9H2,1-5H3/t11-,12+/m0/s1. The van der Waals surface area contributed by atoms with E-state index in [1.165, 1.54) is 0 Å². The van der Waals surface area contributed by atoms with Crippen LogP contribution >= 0.6 is 0 Å². The number of ether oxygens (including phenoxy) is 1. The second-order valence-electron chi connectivity index (χ2n) is 6.16. The van der Waals surface area contributed by atoms with Gasteiger partial charge in [-0.15, -0.1) is 10.2 Å². The van der Waals surface area contributed by atoms with Crippen molar-refractivity contribution in [2.75, 3.05) is 33.8 Å². The molecule has 1 aliphatic rings. The minimum Gasteiger partial charge on any atom is -0.422 e. The van der Waals surface area contributed by atoms with Crippen LogP contribution in [0.4, 0.5) is 0 Å². The SMILES string of the molecule is CC[C@@H](C(=O)N1CCO[C@@H](c2nnc(C(C)C)o2)C1)N(C)C. The summed E-state index contributed by atoms with van der Waals surface area (Å²) in [6, 6.07) is -0.104. The molecule has 7 heteroatoms. The minimum absolute atomic E-state index is 0.104. The Morgan fingerprint density at radius 1 is 1.41 bits per heavy atom. The van der Waals surface area contributed by atoms with Crippen molar-refractivity contribution in [1.82, 2.24) is 20.0 Å². The van der Waals surface area contributed by atoms with Crippen molar-refractivity contribution in [1.29, 1.82) is 0 Å². The van der Waals surface area contributed by atoms with Gasteiger partial charge in [-0.05, 0) is 20.5 Å². The van der Waals surface area contributed by atoms with E-state index in [0.29, 0.717) is 31.5 Å². The normalized spacial score (nSPS) is 20.7. The topological polar surface area (TPSA) is 71.7 Å². The van der Waals surface area contributed by atoms with Crippen molar-refractivity contribution in [3.05, 3.63) is 11.8 Å². The third-order valence-corrected chi connectivity index (χ3v) is 3.90. The van der Waals surface area contributed by atoms with Gasteiger partial charge in [-0.1, -0.05) is 20.8 Å². The molecule has 0 saturated carbocycles. The first-order valence-corrected chi connectivity index (χ1v) is 7.84. The van der Waals surface area contributed by atoms with Gasteiger partial charge in [-0.25, -0.2) is 0 Å². The zero-order valence-corrected chi connectivity index (χ0v) is 14.1. The number of carbonyl (C=O) groups excluding carboxylic acids is 1. The molecule has 0 radical (unpaired) electrons. The van der Waals surface area contributed by atoms with Crippen LogP contribution in [0.15, 0.2) is 4.42 Å². The summed E-state index contributed by atoms with van der Waals surface area (Å²) in [5.41, 5.74) is 0. The molecule has 1 aromatic heterocycles. The Labute approximate surface area is 131 Å². The van der Waals surface area contributed by atoms with E-state index in [1.54, 1.807) is 0 Å². The van der Waals surface area contributed by atoms with E-state index >= 15 is 0 Å². The summed E-state index contributed by atoms with van der Waals surface area (Å²) in [4.78, 5) is 16.4. The van der Waals surface area contributed by atoms with E-state index in [9.17, 15) is 4.79 Å². The Kier molecular flexibility index (Phi) is 5.52. The quantitative estimate of drug-likeness (QED) is 0.819. The van der Waals surface area contributed by atoms with Crippen LogP contribution in [0.3, 0.4) is 0 Å². The highest BCUT2D eigenvalue weighted by molar-refractivity contribution is 5.81. The summed E-state index contributed by atoms with van der Waals surface area (Å²) < 4.78 is 11.4. The number of likely N-dealkylation sites (N-methyl/N-ethyl adjacent to an activating group) is 1. The van der Waals surface area contributed by atoms with Gasteiger partial charge in [0.15, 0.2) is 6.10 Å². The fraction of sp³-hybridized carbons (Fsp3) is 0.800. The van der Waals surface area contributed by atoms with Crippen LogP contribution in [0.2, 0.25) is 0 Å².